The van der Waals surface area contributed by atoms with Crippen LogP contribution in [0.2, 0.25) is 0 Å². The molecule has 1 aliphatic heterocycles. The fraction of sp³-hybridized carbons (Fsp3) is 0.909. The van der Waals surface area contributed by atoms with Crippen molar-refractivity contribution in [2.75, 3.05) is 13.6 Å². The van der Waals surface area contributed by atoms with Gasteiger partial charge >= 0.3 is 0 Å². The van der Waals surface area contributed by atoms with Crippen LogP contribution in [-0.4, -0.2) is 30.3 Å². The Hall–Kier alpha value is -0.370. The number of fused-ring (bicyclic) bond motifs is 1. The molecule has 2 fully saturated rings. The predicted molar refractivity (Wildman–Crippen MR) is 52.5 cm³/mol. The molecule has 1 saturated carbocycles. The first-order valence-electron chi connectivity index (χ1n) is 5.38. The minimum Gasteiger partial charge on any atom is -0.303 e. The highest BCUT2D eigenvalue weighted by atomic mass is 16.1. The summed E-state index contributed by atoms with van der Waals surface area (Å²) in [4.78, 5) is 13.7. The number of piperidine rings is 1. The summed E-state index contributed by atoms with van der Waals surface area (Å²) in [5.41, 5.74) is 0. The number of rotatable bonds is 0. The zero-order valence-electron chi connectivity index (χ0n) is 8.62. The van der Waals surface area contributed by atoms with Gasteiger partial charge in [-0.1, -0.05) is 0 Å². The largest absolute Gasteiger partial charge is 0.303 e. The molecule has 2 heteroatoms. The Morgan fingerprint density at radius 2 is 2.15 bits per heavy atom. The SMILES string of the molecule is CC1CC2CC(=O)CCC2CN1C. The second-order valence-corrected chi connectivity index (χ2v) is 4.83. The molecule has 1 heterocycles. The molecule has 0 N–H and O–H groups in total. The van der Waals surface area contributed by atoms with E-state index in [1.807, 2.05) is 0 Å². The molecule has 0 amide bonds. The summed E-state index contributed by atoms with van der Waals surface area (Å²) < 4.78 is 0. The summed E-state index contributed by atoms with van der Waals surface area (Å²) in [6, 6.07) is 0.673. The Kier molecular flexibility index (Phi) is 2.41. The van der Waals surface area contributed by atoms with Crippen LogP contribution in [0.5, 0.6) is 0 Å². The lowest BCUT2D eigenvalue weighted by Gasteiger charge is -2.43. The molecule has 3 atom stereocenters. The van der Waals surface area contributed by atoms with Crippen molar-refractivity contribution in [2.24, 2.45) is 11.8 Å². The third-order valence-corrected chi connectivity index (χ3v) is 3.87. The van der Waals surface area contributed by atoms with Crippen molar-refractivity contribution in [3.8, 4) is 0 Å². The summed E-state index contributed by atoms with van der Waals surface area (Å²) >= 11 is 0. The van der Waals surface area contributed by atoms with Crippen molar-refractivity contribution in [1.29, 1.82) is 0 Å². The molecular formula is C11H19NO. The molecule has 0 aromatic heterocycles. The fourth-order valence-electron chi connectivity index (χ4n) is 2.83. The number of nitrogens with zero attached hydrogens (tertiary/aromatic N) is 1. The van der Waals surface area contributed by atoms with E-state index in [2.05, 4.69) is 18.9 Å². The molecule has 2 rings (SSSR count). The van der Waals surface area contributed by atoms with Gasteiger partial charge in [0.25, 0.3) is 0 Å². The van der Waals surface area contributed by atoms with E-state index < -0.39 is 0 Å². The van der Waals surface area contributed by atoms with Crippen LogP contribution in [0.4, 0.5) is 0 Å². The average molecular weight is 181 g/mol. The second kappa shape index (κ2) is 3.41. The van der Waals surface area contributed by atoms with E-state index in [1.54, 1.807) is 0 Å². The lowest BCUT2D eigenvalue weighted by Crippen LogP contribution is -2.45. The van der Waals surface area contributed by atoms with Crippen molar-refractivity contribution in [3.63, 3.8) is 0 Å². The third kappa shape index (κ3) is 1.78. The van der Waals surface area contributed by atoms with Gasteiger partial charge in [0.2, 0.25) is 0 Å². The second-order valence-electron chi connectivity index (χ2n) is 4.83. The zero-order chi connectivity index (χ0) is 9.42. The normalized spacial score (nSPS) is 41.7. The number of carbonyl (C=O) groups is 1. The summed E-state index contributed by atoms with van der Waals surface area (Å²) in [5, 5.41) is 0. The number of hydrogen-bond donors (Lipinski definition) is 0. The number of Topliss-reactive ketones (excluding diaryl/α,β-unsaturated/α-hetero) is 1. The molecule has 0 spiro atoms. The zero-order valence-corrected chi connectivity index (χ0v) is 8.62. The van der Waals surface area contributed by atoms with Crippen LogP contribution in [0.15, 0.2) is 0 Å². The maximum absolute atomic E-state index is 11.3. The highest BCUT2D eigenvalue weighted by molar-refractivity contribution is 5.79. The van der Waals surface area contributed by atoms with Crippen LogP contribution in [0.3, 0.4) is 0 Å². The first-order chi connectivity index (χ1) is 6.16. The molecule has 3 unspecified atom stereocenters. The lowest BCUT2D eigenvalue weighted by atomic mass is 9.73. The van der Waals surface area contributed by atoms with E-state index in [0.717, 1.165) is 25.2 Å². The highest BCUT2D eigenvalue weighted by Crippen LogP contribution is 2.36. The molecule has 2 nitrogen and oxygen atoms in total. The van der Waals surface area contributed by atoms with Crippen molar-refractivity contribution in [3.05, 3.63) is 0 Å². The van der Waals surface area contributed by atoms with Crippen LogP contribution >= 0.6 is 0 Å². The number of likely N-dealkylation sites (tertiary alicyclic amines) is 1. The minimum absolute atomic E-state index is 0.498. The number of carbonyl (C=O) groups excluding carboxylic acids is 1. The Balaban J connectivity index is 2.02. The minimum atomic E-state index is 0.498. The van der Waals surface area contributed by atoms with Gasteiger partial charge in [-0.15, -0.1) is 0 Å². The van der Waals surface area contributed by atoms with E-state index >= 15 is 0 Å². The van der Waals surface area contributed by atoms with Gasteiger partial charge in [0.15, 0.2) is 0 Å². The van der Waals surface area contributed by atoms with Gasteiger partial charge in [-0.25, -0.2) is 0 Å². The van der Waals surface area contributed by atoms with Gasteiger partial charge in [-0.2, -0.15) is 0 Å². The molecular weight excluding hydrogens is 162 g/mol. The molecule has 0 radical (unpaired) electrons. The van der Waals surface area contributed by atoms with Gasteiger partial charge in [0, 0.05) is 25.4 Å². The van der Waals surface area contributed by atoms with Crippen LogP contribution in [0.25, 0.3) is 0 Å². The van der Waals surface area contributed by atoms with Crippen LogP contribution < -0.4 is 0 Å². The summed E-state index contributed by atoms with van der Waals surface area (Å²) in [6.07, 6.45) is 4.07. The quantitative estimate of drug-likeness (QED) is 0.567. The summed E-state index contributed by atoms with van der Waals surface area (Å²) in [6.45, 7) is 3.48. The smallest absolute Gasteiger partial charge is 0.133 e. The van der Waals surface area contributed by atoms with Gasteiger partial charge in [-0.05, 0) is 38.6 Å². The molecule has 2 aliphatic rings. The van der Waals surface area contributed by atoms with Crippen molar-refractivity contribution >= 4 is 5.78 Å². The van der Waals surface area contributed by atoms with Gasteiger partial charge in [0.1, 0.15) is 5.78 Å². The highest BCUT2D eigenvalue weighted by Gasteiger charge is 2.35. The Morgan fingerprint density at radius 3 is 2.92 bits per heavy atom. The maximum Gasteiger partial charge on any atom is 0.133 e. The van der Waals surface area contributed by atoms with Gasteiger partial charge in [-0.3, -0.25) is 4.79 Å². The summed E-state index contributed by atoms with van der Waals surface area (Å²) in [7, 11) is 2.21. The Bertz CT molecular complexity index is 214. The van der Waals surface area contributed by atoms with E-state index in [0.29, 0.717) is 17.7 Å². The third-order valence-electron chi connectivity index (χ3n) is 3.87. The van der Waals surface area contributed by atoms with Crippen LogP contribution in [0, 0.1) is 11.8 Å². The molecule has 74 valence electrons. The average Bonchev–Trinajstić information content (AvgIpc) is 2.08. The molecule has 13 heavy (non-hydrogen) atoms. The van der Waals surface area contributed by atoms with Crippen LogP contribution in [-0.2, 0) is 4.79 Å². The van der Waals surface area contributed by atoms with Gasteiger partial charge in [0.05, 0.1) is 0 Å². The van der Waals surface area contributed by atoms with E-state index in [-0.39, 0.29) is 0 Å². The van der Waals surface area contributed by atoms with E-state index in [1.165, 1.54) is 13.0 Å². The standard InChI is InChI=1S/C11H19NO/c1-8-5-10-6-11(13)4-3-9(10)7-12(8)2/h8-10H,3-7H2,1-2H3. The Labute approximate surface area is 80.3 Å². The van der Waals surface area contributed by atoms with Crippen molar-refractivity contribution in [1.82, 2.24) is 4.90 Å². The molecule has 1 aliphatic carbocycles. The molecule has 1 saturated heterocycles. The molecule has 0 bridgehead atoms. The monoisotopic (exact) mass is 181 g/mol. The first kappa shape index (κ1) is 9.20. The predicted octanol–water partition coefficient (Wildman–Crippen LogP) is 1.70. The lowest BCUT2D eigenvalue weighted by molar-refractivity contribution is -0.124. The fourth-order valence-corrected chi connectivity index (χ4v) is 2.83. The topological polar surface area (TPSA) is 20.3 Å². The van der Waals surface area contributed by atoms with E-state index in [4.69, 9.17) is 0 Å². The van der Waals surface area contributed by atoms with Crippen molar-refractivity contribution < 1.29 is 4.79 Å². The Morgan fingerprint density at radius 1 is 1.38 bits per heavy atom. The maximum atomic E-state index is 11.3. The first-order valence-corrected chi connectivity index (χ1v) is 5.38. The number of ketones is 1. The molecule has 0 aromatic rings. The van der Waals surface area contributed by atoms with E-state index in [9.17, 15) is 4.79 Å². The number of hydrogen-bond acceptors (Lipinski definition) is 2. The summed E-state index contributed by atoms with van der Waals surface area (Å²) in [5.74, 6) is 2.00. The molecule has 0 aromatic carbocycles. The van der Waals surface area contributed by atoms with Gasteiger partial charge < -0.3 is 4.90 Å². The van der Waals surface area contributed by atoms with Crippen molar-refractivity contribution in [2.45, 2.75) is 38.6 Å². The van der Waals surface area contributed by atoms with Crippen LogP contribution in [0.1, 0.15) is 32.6 Å².